The van der Waals surface area contributed by atoms with Gasteiger partial charge in [0.2, 0.25) is 0 Å². The molecule has 2 aromatic carbocycles. The van der Waals surface area contributed by atoms with Crippen LogP contribution in [0.2, 0.25) is 0 Å². The fourth-order valence-electron chi connectivity index (χ4n) is 4.48. The summed E-state index contributed by atoms with van der Waals surface area (Å²) in [6.45, 7) is 3.18. The standard InChI is InChI=1S/C25H34OS/c1-2-3-4-10-17-27-19-25(27)23-15-16-24(22-14-9-8-13-21(22)23)26-18-20-11-6-5-7-12-20/h8-9,13-16,19-20,25H,2-7,10-12,17-18H2,1H3. The molecule has 1 aliphatic heterocycles. The topological polar surface area (TPSA) is 9.23 Å². The van der Waals surface area contributed by atoms with Crippen molar-refractivity contribution in [3.8, 4) is 5.75 Å². The van der Waals surface area contributed by atoms with Crippen molar-refractivity contribution < 1.29 is 4.74 Å². The lowest BCUT2D eigenvalue weighted by molar-refractivity contribution is 0.210. The maximum absolute atomic E-state index is 6.32. The van der Waals surface area contributed by atoms with Crippen molar-refractivity contribution in [2.45, 2.75) is 70.0 Å². The van der Waals surface area contributed by atoms with Crippen LogP contribution < -0.4 is 4.74 Å². The van der Waals surface area contributed by atoms with Gasteiger partial charge in [0.1, 0.15) is 5.75 Å². The number of benzene rings is 2. The Morgan fingerprint density at radius 3 is 2.56 bits per heavy atom. The molecule has 1 heterocycles. The van der Waals surface area contributed by atoms with E-state index in [1.807, 2.05) is 0 Å². The van der Waals surface area contributed by atoms with Gasteiger partial charge in [0.15, 0.2) is 0 Å². The molecule has 0 amide bonds. The number of hydrogen-bond acceptors (Lipinski definition) is 1. The van der Waals surface area contributed by atoms with Crippen LogP contribution in [-0.4, -0.2) is 17.7 Å². The minimum Gasteiger partial charge on any atom is -0.493 e. The Kier molecular flexibility index (Phi) is 6.55. The van der Waals surface area contributed by atoms with E-state index in [4.69, 9.17) is 4.74 Å². The molecule has 4 rings (SSSR count). The zero-order chi connectivity index (χ0) is 18.5. The first-order chi connectivity index (χ1) is 13.4. The molecule has 146 valence electrons. The molecule has 1 aliphatic carbocycles. The van der Waals surface area contributed by atoms with Gasteiger partial charge in [-0.2, -0.15) is 10.5 Å². The molecule has 2 heteroatoms. The lowest BCUT2D eigenvalue weighted by atomic mass is 9.90. The molecule has 0 N–H and O–H groups in total. The summed E-state index contributed by atoms with van der Waals surface area (Å²) in [5, 5.41) is 5.98. The smallest absolute Gasteiger partial charge is 0.127 e. The maximum Gasteiger partial charge on any atom is 0.127 e. The normalized spacial score (nSPS) is 22.6. The van der Waals surface area contributed by atoms with Gasteiger partial charge in [0.25, 0.3) is 0 Å². The summed E-state index contributed by atoms with van der Waals surface area (Å²) in [7, 11) is 0.506. The van der Waals surface area contributed by atoms with Gasteiger partial charge in [0, 0.05) is 10.6 Å². The minimum absolute atomic E-state index is 0.506. The first-order valence-electron chi connectivity index (χ1n) is 11.0. The maximum atomic E-state index is 6.32. The van der Waals surface area contributed by atoms with Crippen molar-refractivity contribution >= 4 is 26.6 Å². The van der Waals surface area contributed by atoms with Crippen LogP contribution in [0.1, 0.15) is 75.5 Å². The highest BCUT2D eigenvalue weighted by Crippen LogP contribution is 2.50. The van der Waals surface area contributed by atoms with Gasteiger partial charge >= 0.3 is 0 Å². The van der Waals surface area contributed by atoms with Gasteiger partial charge in [0.05, 0.1) is 6.61 Å². The number of rotatable bonds is 9. The van der Waals surface area contributed by atoms with Gasteiger partial charge in [-0.25, -0.2) is 0 Å². The molecule has 0 bridgehead atoms. The summed E-state index contributed by atoms with van der Waals surface area (Å²) in [5.41, 5.74) is 1.52. The molecule has 2 unspecified atom stereocenters. The third kappa shape index (κ3) is 4.77. The van der Waals surface area contributed by atoms with Crippen LogP contribution in [0.5, 0.6) is 5.75 Å². The molecular weight excluding hydrogens is 348 g/mol. The van der Waals surface area contributed by atoms with E-state index in [9.17, 15) is 0 Å². The van der Waals surface area contributed by atoms with E-state index in [-0.39, 0.29) is 0 Å². The van der Waals surface area contributed by atoms with Crippen molar-refractivity contribution in [2.24, 2.45) is 5.92 Å². The third-order valence-corrected chi connectivity index (χ3v) is 8.32. The zero-order valence-corrected chi connectivity index (χ0v) is 17.6. The molecule has 2 atom stereocenters. The van der Waals surface area contributed by atoms with Gasteiger partial charge in [-0.1, -0.05) is 75.8 Å². The highest BCUT2D eigenvalue weighted by molar-refractivity contribution is 8.23. The molecule has 0 spiro atoms. The molecule has 0 radical (unpaired) electrons. The van der Waals surface area contributed by atoms with Crippen LogP contribution in [0.25, 0.3) is 10.8 Å². The van der Waals surface area contributed by atoms with E-state index in [1.165, 1.54) is 79.9 Å². The number of unbranched alkanes of at least 4 members (excludes halogenated alkanes) is 3. The van der Waals surface area contributed by atoms with Crippen LogP contribution >= 0.6 is 10.5 Å². The molecular formula is C25H34OS. The predicted molar refractivity (Wildman–Crippen MR) is 121 cm³/mol. The Morgan fingerprint density at radius 2 is 1.74 bits per heavy atom. The minimum atomic E-state index is 0.506. The van der Waals surface area contributed by atoms with Crippen LogP contribution in [0, 0.1) is 5.92 Å². The van der Waals surface area contributed by atoms with Crippen molar-refractivity contribution in [2.75, 3.05) is 12.4 Å². The van der Waals surface area contributed by atoms with Crippen LogP contribution in [0.4, 0.5) is 0 Å². The summed E-state index contributed by atoms with van der Waals surface area (Å²) >= 11 is 0. The first-order valence-corrected chi connectivity index (χ1v) is 12.6. The van der Waals surface area contributed by atoms with Crippen molar-refractivity contribution in [3.63, 3.8) is 0 Å². The SMILES string of the molecule is CCCCCCS1=CC1c1ccc(OCC2CCCCC2)c2ccccc12. The fraction of sp³-hybridized carbons (Fsp3) is 0.560. The van der Waals surface area contributed by atoms with E-state index in [1.54, 1.807) is 0 Å². The lowest BCUT2D eigenvalue weighted by Gasteiger charge is -2.22. The van der Waals surface area contributed by atoms with Gasteiger partial charge in [-0.15, -0.1) is 0 Å². The average Bonchev–Trinajstić information content (AvgIpc) is 3.49. The molecule has 27 heavy (non-hydrogen) atoms. The van der Waals surface area contributed by atoms with Gasteiger partial charge in [-0.3, -0.25) is 0 Å². The highest BCUT2D eigenvalue weighted by atomic mass is 32.2. The number of ether oxygens (including phenoxy) is 1. The molecule has 1 saturated carbocycles. The quantitative estimate of drug-likeness (QED) is 0.322. The molecule has 2 aliphatic rings. The summed E-state index contributed by atoms with van der Waals surface area (Å²) < 4.78 is 6.32. The molecule has 2 aromatic rings. The van der Waals surface area contributed by atoms with E-state index in [2.05, 4.69) is 48.7 Å². The average molecular weight is 383 g/mol. The monoisotopic (exact) mass is 382 g/mol. The fourth-order valence-corrected chi connectivity index (χ4v) is 6.58. The van der Waals surface area contributed by atoms with Crippen molar-refractivity contribution in [1.29, 1.82) is 0 Å². The highest BCUT2D eigenvalue weighted by Gasteiger charge is 2.26. The molecule has 0 aromatic heterocycles. The zero-order valence-electron chi connectivity index (χ0n) is 16.8. The van der Waals surface area contributed by atoms with E-state index >= 15 is 0 Å². The third-order valence-electron chi connectivity index (χ3n) is 6.21. The number of fused-ring (bicyclic) bond motifs is 1. The summed E-state index contributed by atoms with van der Waals surface area (Å²) in [6, 6.07) is 13.5. The van der Waals surface area contributed by atoms with Crippen LogP contribution in [0.3, 0.4) is 0 Å². The second-order valence-electron chi connectivity index (χ2n) is 8.30. The lowest BCUT2D eigenvalue weighted by Crippen LogP contribution is -2.15. The second kappa shape index (κ2) is 9.28. The molecule has 1 fully saturated rings. The van der Waals surface area contributed by atoms with E-state index in [0.29, 0.717) is 15.7 Å². The van der Waals surface area contributed by atoms with Crippen LogP contribution in [0.15, 0.2) is 36.4 Å². The Hall–Kier alpha value is -1.28. The summed E-state index contributed by atoms with van der Waals surface area (Å²) in [4.78, 5) is 0. The summed E-state index contributed by atoms with van der Waals surface area (Å²) in [6.07, 6.45) is 12.4. The molecule has 1 nitrogen and oxygen atoms in total. The number of hydrogen-bond donors (Lipinski definition) is 0. The van der Waals surface area contributed by atoms with Crippen LogP contribution in [-0.2, 0) is 0 Å². The summed E-state index contributed by atoms with van der Waals surface area (Å²) in [5.74, 6) is 3.23. The predicted octanol–water partition coefficient (Wildman–Crippen LogP) is 7.51. The first kappa shape index (κ1) is 19.1. The Labute approximate surface area is 167 Å². The Balaban J connectivity index is 1.43. The van der Waals surface area contributed by atoms with Crippen molar-refractivity contribution in [1.82, 2.24) is 0 Å². The van der Waals surface area contributed by atoms with E-state index in [0.717, 1.165) is 18.3 Å². The molecule has 0 saturated heterocycles. The second-order valence-corrected chi connectivity index (χ2v) is 10.4. The largest absolute Gasteiger partial charge is 0.493 e. The Bertz CT molecular complexity index is 788. The van der Waals surface area contributed by atoms with Crippen molar-refractivity contribution in [3.05, 3.63) is 42.0 Å². The Morgan fingerprint density at radius 1 is 0.926 bits per heavy atom. The van der Waals surface area contributed by atoms with Gasteiger partial charge in [-0.05, 0) is 53.3 Å². The van der Waals surface area contributed by atoms with Gasteiger partial charge < -0.3 is 4.74 Å². The van der Waals surface area contributed by atoms with E-state index < -0.39 is 0 Å².